The van der Waals surface area contributed by atoms with Crippen molar-refractivity contribution in [3.8, 4) is 6.07 Å². The van der Waals surface area contributed by atoms with Gasteiger partial charge in [-0.05, 0) is 43.1 Å². The van der Waals surface area contributed by atoms with Crippen molar-refractivity contribution in [2.45, 2.75) is 52.2 Å². The van der Waals surface area contributed by atoms with Crippen LogP contribution < -0.4 is 5.32 Å². The molecular weight excluding hydrogens is 212 g/mol. The topological polar surface area (TPSA) is 45.0 Å². The fourth-order valence-corrected chi connectivity index (χ4v) is 3.78. The molecule has 96 valence electrons. The van der Waals surface area contributed by atoms with Crippen molar-refractivity contribution in [1.29, 1.82) is 5.26 Å². The summed E-state index contributed by atoms with van der Waals surface area (Å²) in [5.41, 5.74) is 0.685. The van der Waals surface area contributed by atoms with E-state index >= 15 is 0 Å². The lowest BCUT2D eigenvalue weighted by atomic mass is 9.70. The Morgan fingerprint density at radius 3 is 2.59 bits per heavy atom. The van der Waals surface area contributed by atoms with Crippen molar-refractivity contribution in [2.75, 3.05) is 13.7 Å². The number of likely N-dealkylation sites (N-methyl/N-ethyl adjacent to an activating group) is 1. The Balaban J connectivity index is 1.99. The number of hydrogen-bond donors (Lipinski definition) is 1. The Labute approximate surface area is 105 Å². The molecule has 17 heavy (non-hydrogen) atoms. The summed E-state index contributed by atoms with van der Waals surface area (Å²) < 4.78 is 6.03. The molecule has 1 N–H and O–H groups in total. The zero-order valence-electron chi connectivity index (χ0n) is 11.4. The minimum Gasteiger partial charge on any atom is -0.375 e. The summed E-state index contributed by atoms with van der Waals surface area (Å²) in [6.07, 6.45) is 4.12. The second-order valence-electron chi connectivity index (χ2n) is 6.40. The average Bonchev–Trinajstić information content (AvgIpc) is 2.63. The van der Waals surface area contributed by atoms with Crippen molar-refractivity contribution >= 4 is 0 Å². The summed E-state index contributed by atoms with van der Waals surface area (Å²) in [5.74, 6) is 0.799. The van der Waals surface area contributed by atoms with Crippen molar-refractivity contribution in [3.05, 3.63) is 0 Å². The van der Waals surface area contributed by atoms with E-state index in [9.17, 15) is 0 Å². The standard InChI is InChI=1S/C14H24N2O/c1-13(2)10-5-6-14(13,3)12(7-10)17-9-11(8-15)16-4/h10-12,16H,5-7,9H2,1-4H3. The second-order valence-corrected chi connectivity index (χ2v) is 6.40. The summed E-state index contributed by atoms with van der Waals surface area (Å²) in [6.45, 7) is 7.64. The van der Waals surface area contributed by atoms with Crippen LogP contribution >= 0.6 is 0 Å². The van der Waals surface area contributed by atoms with E-state index in [2.05, 4.69) is 32.2 Å². The fourth-order valence-electron chi connectivity index (χ4n) is 3.78. The van der Waals surface area contributed by atoms with Gasteiger partial charge in [-0.2, -0.15) is 5.26 Å². The van der Waals surface area contributed by atoms with Crippen molar-refractivity contribution < 1.29 is 4.74 Å². The van der Waals surface area contributed by atoms with Gasteiger partial charge in [-0.15, -0.1) is 0 Å². The predicted molar refractivity (Wildman–Crippen MR) is 67.4 cm³/mol. The van der Waals surface area contributed by atoms with Crippen LogP contribution in [0.4, 0.5) is 0 Å². The van der Waals surface area contributed by atoms with Crippen molar-refractivity contribution in [1.82, 2.24) is 5.32 Å². The molecule has 0 heterocycles. The molecule has 2 rings (SSSR count). The molecule has 0 aromatic heterocycles. The van der Waals surface area contributed by atoms with Crippen LogP contribution in [-0.4, -0.2) is 25.8 Å². The number of nitrogens with zero attached hydrogens (tertiary/aromatic N) is 1. The van der Waals surface area contributed by atoms with Gasteiger partial charge in [0, 0.05) is 0 Å². The molecule has 3 heteroatoms. The molecule has 4 atom stereocenters. The minimum atomic E-state index is -0.180. The van der Waals surface area contributed by atoms with E-state index in [0.29, 0.717) is 23.5 Å². The highest BCUT2D eigenvalue weighted by atomic mass is 16.5. The first kappa shape index (κ1) is 12.9. The zero-order valence-corrected chi connectivity index (χ0v) is 11.4. The molecule has 3 nitrogen and oxygen atoms in total. The molecule has 2 saturated carbocycles. The maximum absolute atomic E-state index is 8.91. The second kappa shape index (κ2) is 4.26. The van der Waals surface area contributed by atoms with E-state index in [-0.39, 0.29) is 6.04 Å². The van der Waals surface area contributed by atoms with Gasteiger partial charge in [0.25, 0.3) is 0 Å². The molecule has 0 aromatic carbocycles. The van der Waals surface area contributed by atoms with Gasteiger partial charge >= 0.3 is 0 Å². The molecule has 0 amide bonds. The van der Waals surface area contributed by atoms with Gasteiger partial charge in [0.15, 0.2) is 0 Å². The van der Waals surface area contributed by atoms with Crippen LogP contribution in [0.2, 0.25) is 0 Å². The van der Waals surface area contributed by atoms with E-state index in [0.717, 1.165) is 5.92 Å². The Hall–Kier alpha value is -0.590. The number of nitrogens with one attached hydrogen (secondary N) is 1. The Morgan fingerprint density at radius 2 is 2.18 bits per heavy atom. The van der Waals surface area contributed by atoms with Gasteiger partial charge in [0.05, 0.1) is 18.8 Å². The van der Waals surface area contributed by atoms with Crippen LogP contribution in [0.5, 0.6) is 0 Å². The Bertz CT molecular complexity index is 334. The summed E-state index contributed by atoms with van der Waals surface area (Å²) in [4.78, 5) is 0. The predicted octanol–water partition coefficient (Wildman–Crippen LogP) is 2.33. The first-order valence-electron chi connectivity index (χ1n) is 6.64. The smallest absolute Gasteiger partial charge is 0.119 e. The lowest BCUT2D eigenvalue weighted by Crippen LogP contribution is -2.40. The van der Waals surface area contributed by atoms with Gasteiger partial charge in [0.2, 0.25) is 0 Å². The Kier molecular flexibility index (Phi) is 3.22. The maximum atomic E-state index is 8.91. The van der Waals surface area contributed by atoms with E-state index < -0.39 is 0 Å². The van der Waals surface area contributed by atoms with Crippen LogP contribution in [0.15, 0.2) is 0 Å². The summed E-state index contributed by atoms with van der Waals surface area (Å²) in [7, 11) is 1.81. The summed E-state index contributed by atoms with van der Waals surface area (Å²) in [6, 6.07) is 2.04. The highest BCUT2D eigenvalue weighted by molar-refractivity contribution is 5.11. The van der Waals surface area contributed by atoms with Gasteiger partial charge < -0.3 is 10.1 Å². The van der Waals surface area contributed by atoms with Gasteiger partial charge in [-0.1, -0.05) is 20.8 Å². The highest BCUT2D eigenvalue weighted by Gasteiger charge is 2.61. The number of rotatable bonds is 4. The van der Waals surface area contributed by atoms with E-state index in [1.807, 2.05) is 7.05 Å². The fraction of sp³-hybridized carbons (Fsp3) is 0.929. The molecule has 2 aliphatic carbocycles. The monoisotopic (exact) mass is 236 g/mol. The first-order chi connectivity index (χ1) is 7.95. The maximum Gasteiger partial charge on any atom is 0.119 e. The molecule has 0 aliphatic heterocycles. The lowest BCUT2D eigenvalue weighted by Gasteiger charge is -2.39. The highest BCUT2D eigenvalue weighted by Crippen LogP contribution is 2.66. The zero-order chi connectivity index (χ0) is 12.7. The van der Waals surface area contributed by atoms with E-state index in [4.69, 9.17) is 10.00 Å². The first-order valence-corrected chi connectivity index (χ1v) is 6.64. The summed E-state index contributed by atoms with van der Waals surface area (Å²) in [5, 5.41) is 11.9. The quantitative estimate of drug-likeness (QED) is 0.815. The van der Waals surface area contributed by atoms with E-state index in [1.165, 1.54) is 19.3 Å². The number of nitriles is 1. The van der Waals surface area contributed by atoms with Gasteiger partial charge in [-0.3, -0.25) is 0 Å². The molecule has 4 unspecified atom stereocenters. The van der Waals surface area contributed by atoms with Crippen LogP contribution in [0, 0.1) is 28.1 Å². The number of ether oxygens (including phenoxy) is 1. The molecule has 0 saturated heterocycles. The van der Waals surface area contributed by atoms with Gasteiger partial charge in [0.1, 0.15) is 6.04 Å². The SMILES string of the molecule is CNC(C#N)COC1CC2CCC1(C)C2(C)C. The molecular formula is C14H24N2O. The minimum absolute atomic E-state index is 0.180. The number of fused-ring (bicyclic) bond motifs is 2. The Morgan fingerprint density at radius 1 is 1.47 bits per heavy atom. The van der Waals surface area contributed by atoms with Crippen LogP contribution in [0.25, 0.3) is 0 Å². The van der Waals surface area contributed by atoms with Crippen molar-refractivity contribution in [3.63, 3.8) is 0 Å². The van der Waals surface area contributed by atoms with Crippen LogP contribution in [0.1, 0.15) is 40.0 Å². The third-order valence-corrected chi connectivity index (χ3v) is 5.68. The summed E-state index contributed by atoms with van der Waals surface area (Å²) >= 11 is 0. The van der Waals surface area contributed by atoms with Crippen molar-refractivity contribution in [2.24, 2.45) is 16.7 Å². The average molecular weight is 236 g/mol. The molecule has 2 bridgehead atoms. The normalized spacial score (nSPS) is 40.2. The van der Waals surface area contributed by atoms with Crippen LogP contribution in [-0.2, 0) is 4.74 Å². The van der Waals surface area contributed by atoms with Gasteiger partial charge in [-0.25, -0.2) is 0 Å². The third-order valence-electron chi connectivity index (χ3n) is 5.68. The molecule has 0 radical (unpaired) electrons. The molecule has 2 fully saturated rings. The van der Waals surface area contributed by atoms with Crippen LogP contribution in [0.3, 0.4) is 0 Å². The lowest BCUT2D eigenvalue weighted by molar-refractivity contribution is -0.0491. The number of hydrogen-bond acceptors (Lipinski definition) is 3. The third kappa shape index (κ3) is 1.78. The molecule has 2 aliphatic rings. The molecule has 0 aromatic rings. The molecule has 0 spiro atoms. The largest absolute Gasteiger partial charge is 0.375 e. The van der Waals surface area contributed by atoms with E-state index in [1.54, 1.807) is 0 Å².